The van der Waals surface area contributed by atoms with Crippen molar-refractivity contribution >= 4 is 11.9 Å². The van der Waals surface area contributed by atoms with Crippen LogP contribution in [0, 0.1) is 13.8 Å². The molecule has 154 valence electrons. The Hall–Kier alpha value is -3.41. The Balaban J connectivity index is 1.71. The number of hydrogen-bond donors (Lipinski definition) is 0. The SMILES string of the molecule is CCOC(=O)c1nn(-c2ccc(C)cc2)c2c1CN(C(=O)c1ccc(C)cc1)CC2. The molecule has 0 unspecified atom stereocenters. The van der Waals surface area contributed by atoms with Gasteiger partial charge in [-0.05, 0) is 45.0 Å². The first-order chi connectivity index (χ1) is 14.5. The third-order valence-corrected chi connectivity index (χ3v) is 5.39. The number of hydrogen-bond acceptors (Lipinski definition) is 4. The maximum Gasteiger partial charge on any atom is 0.359 e. The van der Waals surface area contributed by atoms with E-state index in [0.29, 0.717) is 25.1 Å². The highest BCUT2D eigenvalue weighted by atomic mass is 16.5. The van der Waals surface area contributed by atoms with Crippen LogP contribution in [0.3, 0.4) is 0 Å². The minimum absolute atomic E-state index is 0.0430. The maximum atomic E-state index is 13.0. The molecule has 6 heteroatoms. The Morgan fingerprint density at radius 1 is 1.00 bits per heavy atom. The molecule has 2 aromatic carbocycles. The van der Waals surface area contributed by atoms with Gasteiger partial charge in [0.05, 0.1) is 24.5 Å². The second-order valence-corrected chi connectivity index (χ2v) is 7.58. The van der Waals surface area contributed by atoms with Crippen molar-refractivity contribution in [1.29, 1.82) is 0 Å². The van der Waals surface area contributed by atoms with Gasteiger partial charge in [0, 0.05) is 24.1 Å². The fraction of sp³-hybridized carbons (Fsp3) is 0.292. The van der Waals surface area contributed by atoms with Gasteiger partial charge in [-0.2, -0.15) is 5.10 Å². The molecule has 1 aliphatic rings. The van der Waals surface area contributed by atoms with Gasteiger partial charge in [0.1, 0.15) is 0 Å². The van der Waals surface area contributed by atoms with Crippen LogP contribution in [-0.2, 0) is 17.7 Å². The summed E-state index contributed by atoms with van der Waals surface area (Å²) < 4.78 is 7.05. The Labute approximate surface area is 176 Å². The Morgan fingerprint density at radius 3 is 2.27 bits per heavy atom. The molecule has 0 saturated heterocycles. The van der Waals surface area contributed by atoms with Gasteiger partial charge in [0.25, 0.3) is 5.91 Å². The van der Waals surface area contributed by atoms with Gasteiger partial charge in [-0.1, -0.05) is 35.4 Å². The summed E-state index contributed by atoms with van der Waals surface area (Å²) in [5.41, 5.74) is 5.81. The predicted molar refractivity (Wildman–Crippen MR) is 114 cm³/mol. The summed E-state index contributed by atoms with van der Waals surface area (Å²) in [6.45, 7) is 6.97. The maximum absolute atomic E-state index is 13.0. The smallest absolute Gasteiger partial charge is 0.359 e. The van der Waals surface area contributed by atoms with Crippen LogP contribution in [0.4, 0.5) is 0 Å². The van der Waals surface area contributed by atoms with Crippen LogP contribution in [0.15, 0.2) is 48.5 Å². The number of aromatic nitrogens is 2. The van der Waals surface area contributed by atoms with Crippen LogP contribution >= 0.6 is 0 Å². The van der Waals surface area contributed by atoms with Crippen molar-refractivity contribution in [1.82, 2.24) is 14.7 Å². The number of nitrogens with zero attached hydrogens (tertiary/aromatic N) is 3. The molecule has 0 aliphatic carbocycles. The van der Waals surface area contributed by atoms with Crippen LogP contribution < -0.4 is 0 Å². The number of esters is 1. The van der Waals surface area contributed by atoms with Crippen molar-refractivity contribution in [3.8, 4) is 5.69 Å². The van der Waals surface area contributed by atoms with Gasteiger partial charge < -0.3 is 9.64 Å². The van der Waals surface area contributed by atoms with E-state index >= 15 is 0 Å². The zero-order valence-corrected chi connectivity index (χ0v) is 17.5. The molecule has 0 saturated carbocycles. The van der Waals surface area contributed by atoms with E-state index in [0.717, 1.165) is 28.1 Å². The highest BCUT2D eigenvalue weighted by Crippen LogP contribution is 2.27. The first-order valence-corrected chi connectivity index (χ1v) is 10.2. The molecule has 0 radical (unpaired) electrons. The first kappa shape index (κ1) is 19.9. The molecule has 0 N–H and O–H groups in total. The molecule has 4 rings (SSSR count). The molecule has 3 aromatic rings. The molecule has 2 heterocycles. The number of fused-ring (bicyclic) bond motifs is 1. The molecule has 6 nitrogen and oxygen atoms in total. The summed E-state index contributed by atoms with van der Waals surface area (Å²) in [4.78, 5) is 27.4. The van der Waals surface area contributed by atoms with Crippen molar-refractivity contribution in [3.05, 3.63) is 82.2 Å². The molecule has 30 heavy (non-hydrogen) atoms. The van der Waals surface area contributed by atoms with Crippen molar-refractivity contribution in [2.24, 2.45) is 0 Å². The fourth-order valence-electron chi connectivity index (χ4n) is 3.73. The molecule has 0 bridgehead atoms. The van der Waals surface area contributed by atoms with Crippen LogP contribution in [0.1, 0.15) is 50.2 Å². The largest absolute Gasteiger partial charge is 0.461 e. The van der Waals surface area contributed by atoms with Gasteiger partial charge >= 0.3 is 5.97 Å². The summed E-state index contributed by atoms with van der Waals surface area (Å²) in [7, 11) is 0. The number of carbonyl (C=O) groups is 2. The van der Waals surface area contributed by atoms with Gasteiger partial charge in [-0.25, -0.2) is 9.48 Å². The molecule has 0 atom stereocenters. The van der Waals surface area contributed by atoms with E-state index < -0.39 is 5.97 Å². The standard InChI is InChI=1S/C24H25N3O3/c1-4-30-24(29)22-20-15-26(23(28)18-9-5-16(2)6-10-18)14-13-21(20)27(25-22)19-11-7-17(3)8-12-19/h5-12H,4,13-15H2,1-3H3. The van der Waals surface area contributed by atoms with E-state index in [2.05, 4.69) is 5.10 Å². The lowest BCUT2D eigenvalue weighted by Crippen LogP contribution is -2.36. The Bertz CT molecular complexity index is 1080. The average molecular weight is 403 g/mol. The zero-order chi connectivity index (χ0) is 21.3. The molecule has 0 spiro atoms. The number of rotatable bonds is 4. The quantitative estimate of drug-likeness (QED) is 0.621. The predicted octanol–water partition coefficient (Wildman–Crippen LogP) is 3.86. The normalized spacial score (nSPS) is 13.1. The Kier molecular flexibility index (Phi) is 5.40. The summed E-state index contributed by atoms with van der Waals surface area (Å²) in [5, 5.41) is 4.59. The third-order valence-electron chi connectivity index (χ3n) is 5.39. The number of benzene rings is 2. The monoisotopic (exact) mass is 403 g/mol. The summed E-state index contributed by atoms with van der Waals surface area (Å²) in [6.07, 6.45) is 0.618. The number of amides is 1. The fourth-order valence-corrected chi connectivity index (χ4v) is 3.73. The van der Waals surface area contributed by atoms with Crippen molar-refractivity contribution in [3.63, 3.8) is 0 Å². The van der Waals surface area contributed by atoms with E-state index in [1.165, 1.54) is 0 Å². The van der Waals surface area contributed by atoms with E-state index in [4.69, 9.17) is 4.74 Å². The molecule has 1 aromatic heterocycles. The Morgan fingerprint density at radius 2 is 1.63 bits per heavy atom. The summed E-state index contributed by atoms with van der Waals surface area (Å²) >= 11 is 0. The molecule has 0 fully saturated rings. The second-order valence-electron chi connectivity index (χ2n) is 7.58. The molecular weight excluding hydrogens is 378 g/mol. The lowest BCUT2D eigenvalue weighted by atomic mass is 10.0. The van der Waals surface area contributed by atoms with E-state index in [1.807, 2.05) is 67.1 Å². The minimum Gasteiger partial charge on any atom is -0.461 e. The van der Waals surface area contributed by atoms with Crippen LogP contribution in [-0.4, -0.2) is 39.7 Å². The van der Waals surface area contributed by atoms with Gasteiger partial charge in [0.2, 0.25) is 0 Å². The van der Waals surface area contributed by atoms with Crippen molar-refractivity contribution in [2.45, 2.75) is 33.7 Å². The van der Waals surface area contributed by atoms with E-state index in [-0.39, 0.29) is 18.2 Å². The summed E-state index contributed by atoms with van der Waals surface area (Å²) in [6, 6.07) is 15.6. The summed E-state index contributed by atoms with van der Waals surface area (Å²) in [5.74, 6) is -0.497. The highest BCUT2D eigenvalue weighted by molar-refractivity contribution is 5.95. The van der Waals surface area contributed by atoms with Gasteiger partial charge in [-0.15, -0.1) is 0 Å². The van der Waals surface area contributed by atoms with Crippen molar-refractivity contribution < 1.29 is 14.3 Å². The topological polar surface area (TPSA) is 64.4 Å². The molecular formula is C24H25N3O3. The van der Waals surface area contributed by atoms with Crippen LogP contribution in [0.5, 0.6) is 0 Å². The third kappa shape index (κ3) is 3.73. The van der Waals surface area contributed by atoms with Gasteiger partial charge in [0.15, 0.2) is 5.69 Å². The minimum atomic E-state index is -0.454. The van der Waals surface area contributed by atoms with Crippen LogP contribution in [0.2, 0.25) is 0 Å². The second kappa shape index (κ2) is 8.14. The number of aryl methyl sites for hydroxylation is 2. The van der Waals surface area contributed by atoms with Gasteiger partial charge in [-0.3, -0.25) is 4.79 Å². The number of carbonyl (C=O) groups excluding carboxylic acids is 2. The molecule has 1 aliphatic heterocycles. The van der Waals surface area contributed by atoms with E-state index in [9.17, 15) is 9.59 Å². The van der Waals surface area contributed by atoms with Crippen molar-refractivity contribution in [2.75, 3.05) is 13.2 Å². The van der Waals surface area contributed by atoms with Crippen LogP contribution in [0.25, 0.3) is 5.69 Å². The molecule has 1 amide bonds. The highest BCUT2D eigenvalue weighted by Gasteiger charge is 2.31. The van der Waals surface area contributed by atoms with E-state index in [1.54, 1.807) is 11.8 Å². The zero-order valence-electron chi connectivity index (χ0n) is 17.5. The lowest BCUT2D eigenvalue weighted by Gasteiger charge is -2.28. The average Bonchev–Trinajstić information content (AvgIpc) is 3.13. The number of ether oxygens (including phenoxy) is 1. The first-order valence-electron chi connectivity index (χ1n) is 10.2. The lowest BCUT2D eigenvalue weighted by molar-refractivity contribution is 0.0513.